The molecule has 0 unspecified atom stereocenters. The topological polar surface area (TPSA) is 63.5 Å². The average Bonchev–Trinajstić information content (AvgIpc) is 2.77. The van der Waals surface area contributed by atoms with E-state index in [1.165, 1.54) is 0 Å². The number of ether oxygens (including phenoxy) is 1. The lowest BCUT2D eigenvalue weighted by Gasteiger charge is -2.31. The first kappa shape index (κ1) is 17.4. The molecule has 1 aliphatic heterocycles. The molecule has 0 N–H and O–H groups in total. The van der Waals surface area contributed by atoms with E-state index in [0.717, 1.165) is 23.7 Å². The first-order chi connectivity index (χ1) is 11.9. The van der Waals surface area contributed by atoms with Gasteiger partial charge in [0.25, 0.3) is 0 Å². The van der Waals surface area contributed by atoms with E-state index in [1.54, 1.807) is 4.68 Å². The number of rotatable bonds is 4. The quantitative estimate of drug-likeness (QED) is 0.836. The van der Waals surface area contributed by atoms with Crippen LogP contribution in [0.15, 0.2) is 24.3 Å². The minimum Gasteiger partial charge on any atom is -0.491 e. The summed E-state index contributed by atoms with van der Waals surface area (Å²) in [5.41, 5.74) is 1.03. The van der Waals surface area contributed by atoms with Gasteiger partial charge in [-0.2, -0.15) is 5.10 Å². The second-order valence-electron chi connectivity index (χ2n) is 6.72. The van der Waals surface area contributed by atoms with E-state index in [-0.39, 0.29) is 18.5 Å². The normalized spacial score (nSPS) is 17.2. The highest BCUT2D eigenvalue weighted by atomic mass is 16.5. The van der Waals surface area contributed by atoms with Crippen LogP contribution in [0.2, 0.25) is 0 Å². The second kappa shape index (κ2) is 7.23. The molecule has 1 amide bonds. The summed E-state index contributed by atoms with van der Waals surface area (Å²) in [5, 5.41) is 4.32. The van der Waals surface area contributed by atoms with Crippen molar-refractivity contribution in [3.63, 3.8) is 0 Å². The number of carbonyl (C=O) groups excluding carboxylic acids is 1. The minimum atomic E-state index is -0.0141. The van der Waals surface area contributed by atoms with Gasteiger partial charge < -0.3 is 14.5 Å². The third-order valence-electron chi connectivity index (χ3n) is 4.33. The molecule has 0 saturated heterocycles. The number of hydrogen-bond acceptors (Lipinski definition) is 5. The SMILES string of the molecule is Cc1nc(C)n(CC(=O)N2Cc3ccccc3OC[C@H]2CN(C)C)n1. The van der Waals surface area contributed by atoms with E-state index < -0.39 is 0 Å². The maximum atomic E-state index is 13.0. The molecule has 134 valence electrons. The second-order valence-corrected chi connectivity index (χ2v) is 6.72. The van der Waals surface area contributed by atoms with Gasteiger partial charge in [0.2, 0.25) is 5.91 Å². The third kappa shape index (κ3) is 3.99. The van der Waals surface area contributed by atoms with Crippen molar-refractivity contribution in [1.82, 2.24) is 24.6 Å². The summed E-state index contributed by atoms with van der Waals surface area (Å²) in [6, 6.07) is 7.89. The van der Waals surface area contributed by atoms with Crippen LogP contribution in [-0.2, 0) is 17.9 Å². The van der Waals surface area contributed by atoms with Gasteiger partial charge in [0.1, 0.15) is 30.5 Å². The van der Waals surface area contributed by atoms with Crippen molar-refractivity contribution in [2.45, 2.75) is 33.0 Å². The molecular formula is C18H25N5O2. The standard InChI is InChI=1S/C18H25N5O2/c1-13-19-14(2)23(20-13)11-18(24)22-9-15-7-5-6-8-17(15)25-12-16(22)10-21(3)4/h5-8,16H,9-12H2,1-4H3/t16-/m1/s1. The van der Waals surface area contributed by atoms with Crippen molar-refractivity contribution in [2.24, 2.45) is 0 Å². The van der Waals surface area contributed by atoms with Crippen molar-refractivity contribution < 1.29 is 9.53 Å². The molecular weight excluding hydrogens is 318 g/mol. The van der Waals surface area contributed by atoms with Gasteiger partial charge in [-0.1, -0.05) is 18.2 Å². The van der Waals surface area contributed by atoms with Crippen LogP contribution in [0.25, 0.3) is 0 Å². The summed E-state index contributed by atoms with van der Waals surface area (Å²) in [7, 11) is 4.01. The molecule has 0 spiro atoms. The Balaban J connectivity index is 1.85. The summed E-state index contributed by atoms with van der Waals surface area (Å²) in [6.07, 6.45) is 0. The van der Waals surface area contributed by atoms with Gasteiger partial charge >= 0.3 is 0 Å². The highest BCUT2D eigenvalue weighted by Gasteiger charge is 2.29. The van der Waals surface area contributed by atoms with Crippen LogP contribution < -0.4 is 4.74 Å². The lowest BCUT2D eigenvalue weighted by molar-refractivity contribution is -0.135. The lowest BCUT2D eigenvalue weighted by atomic mass is 10.1. The smallest absolute Gasteiger partial charge is 0.245 e. The van der Waals surface area contributed by atoms with Gasteiger partial charge in [-0.15, -0.1) is 0 Å². The lowest BCUT2D eigenvalue weighted by Crippen LogP contribution is -2.48. The monoisotopic (exact) mass is 343 g/mol. The number of para-hydroxylation sites is 1. The molecule has 3 rings (SSSR count). The summed E-state index contributed by atoms with van der Waals surface area (Å²) < 4.78 is 7.63. The molecule has 0 aliphatic carbocycles. The molecule has 1 aliphatic rings. The fourth-order valence-corrected chi connectivity index (χ4v) is 3.16. The predicted octanol–water partition coefficient (Wildman–Crippen LogP) is 1.25. The number of aromatic nitrogens is 3. The van der Waals surface area contributed by atoms with E-state index in [4.69, 9.17) is 4.74 Å². The molecule has 1 aromatic heterocycles. The number of aryl methyl sites for hydroxylation is 2. The Hall–Kier alpha value is -2.41. The summed E-state index contributed by atoms with van der Waals surface area (Å²) >= 11 is 0. The molecule has 0 saturated carbocycles. The van der Waals surface area contributed by atoms with Gasteiger partial charge in [0.15, 0.2) is 0 Å². The van der Waals surface area contributed by atoms with Crippen LogP contribution in [-0.4, -0.2) is 63.8 Å². The highest BCUT2D eigenvalue weighted by molar-refractivity contribution is 5.76. The number of amides is 1. The molecule has 2 heterocycles. The average molecular weight is 343 g/mol. The van der Waals surface area contributed by atoms with E-state index in [9.17, 15) is 4.79 Å². The van der Waals surface area contributed by atoms with Crippen molar-refractivity contribution in [2.75, 3.05) is 27.2 Å². The fourth-order valence-electron chi connectivity index (χ4n) is 3.16. The molecule has 0 radical (unpaired) electrons. The predicted molar refractivity (Wildman–Crippen MR) is 94.3 cm³/mol. The van der Waals surface area contributed by atoms with Crippen molar-refractivity contribution >= 4 is 5.91 Å². The third-order valence-corrected chi connectivity index (χ3v) is 4.33. The largest absolute Gasteiger partial charge is 0.491 e. The fraction of sp³-hybridized carbons (Fsp3) is 0.500. The molecule has 2 aromatic rings. The van der Waals surface area contributed by atoms with Gasteiger partial charge in [-0.3, -0.25) is 4.79 Å². The molecule has 7 heteroatoms. The Morgan fingerprint density at radius 3 is 2.76 bits per heavy atom. The summed E-state index contributed by atoms with van der Waals surface area (Å²) in [5.74, 6) is 2.32. The Kier molecular flexibility index (Phi) is 5.03. The highest BCUT2D eigenvalue weighted by Crippen LogP contribution is 2.25. The number of likely N-dealkylation sites (N-methyl/N-ethyl adjacent to an activating group) is 1. The van der Waals surface area contributed by atoms with Crippen LogP contribution in [0.5, 0.6) is 5.75 Å². The van der Waals surface area contributed by atoms with E-state index >= 15 is 0 Å². The first-order valence-electron chi connectivity index (χ1n) is 8.47. The van der Waals surface area contributed by atoms with Crippen LogP contribution in [0.1, 0.15) is 17.2 Å². The Morgan fingerprint density at radius 2 is 2.08 bits per heavy atom. The summed E-state index contributed by atoms with van der Waals surface area (Å²) in [6.45, 7) is 5.66. The van der Waals surface area contributed by atoms with Crippen molar-refractivity contribution in [1.29, 1.82) is 0 Å². The zero-order valence-electron chi connectivity index (χ0n) is 15.3. The molecule has 0 fully saturated rings. The van der Waals surface area contributed by atoms with Gasteiger partial charge in [-0.05, 0) is 34.0 Å². The number of fused-ring (bicyclic) bond motifs is 1. The Morgan fingerprint density at radius 1 is 1.32 bits per heavy atom. The Bertz CT molecular complexity index is 756. The molecule has 7 nitrogen and oxygen atoms in total. The molecule has 25 heavy (non-hydrogen) atoms. The zero-order valence-corrected chi connectivity index (χ0v) is 15.3. The number of benzene rings is 1. The molecule has 0 bridgehead atoms. The van der Waals surface area contributed by atoms with Gasteiger partial charge in [0.05, 0.1) is 6.04 Å². The number of hydrogen-bond donors (Lipinski definition) is 0. The Labute approximate surface area is 148 Å². The van der Waals surface area contributed by atoms with Crippen LogP contribution in [0.4, 0.5) is 0 Å². The van der Waals surface area contributed by atoms with Gasteiger partial charge in [-0.25, -0.2) is 9.67 Å². The first-order valence-corrected chi connectivity index (χ1v) is 8.47. The maximum absolute atomic E-state index is 13.0. The minimum absolute atomic E-state index is 0.0141. The van der Waals surface area contributed by atoms with Crippen LogP contribution in [0.3, 0.4) is 0 Å². The van der Waals surface area contributed by atoms with E-state index in [2.05, 4.69) is 15.0 Å². The molecule has 1 aromatic carbocycles. The summed E-state index contributed by atoms with van der Waals surface area (Å²) in [4.78, 5) is 21.3. The number of carbonyl (C=O) groups is 1. The zero-order chi connectivity index (χ0) is 18.0. The van der Waals surface area contributed by atoms with Crippen LogP contribution in [0, 0.1) is 13.8 Å². The van der Waals surface area contributed by atoms with Gasteiger partial charge in [0, 0.05) is 18.7 Å². The number of nitrogens with zero attached hydrogens (tertiary/aromatic N) is 5. The van der Waals surface area contributed by atoms with E-state index in [0.29, 0.717) is 19.0 Å². The van der Waals surface area contributed by atoms with Crippen LogP contribution >= 0.6 is 0 Å². The molecule has 1 atom stereocenters. The van der Waals surface area contributed by atoms with Crippen molar-refractivity contribution in [3.8, 4) is 5.75 Å². The van der Waals surface area contributed by atoms with Crippen molar-refractivity contribution in [3.05, 3.63) is 41.5 Å². The maximum Gasteiger partial charge on any atom is 0.245 e. The van der Waals surface area contributed by atoms with E-state index in [1.807, 2.05) is 57.1 Å².